The number of carbonyl (C=O) groups is 1. The van der Waals surface area contributed by atoms with E-state index in [1.54, 1.807) is 63.4 Å². The van der Waals surface area contributed by atoms with E-state index in [1.165, 1.54) is 28.0 Å². The molecule has 0 amide bonds. The number of nitrogens with zero attached hydrogens (tertiary/aromatic N) is 2. The predicted octanol–water partition coefficient (Wildman–Crippen LogP) is 5.18. The van der Waals surface area contributed by atoms with Gasteiger partial charge in [0.2, 0.25) is 0 Å². The summed E-state index contributed by atoms with van der Waals surface area (Å²) in [6, 6.07) is 17.7. The highest BCUT2D eigenvalue weighted by molar-refractivity contribution is 7.07. The smallest absolute Gasteiger partial charge is 0.338 e. The van der Waals surface area contributed by atoms with Crippen LogP contribution in [0.4, 0.5) is 4.39 Å². The van der Waals surface area contributed by atoms with Crippen molar-refractivity contribution in [2.75, 3.05) is 13.7 Å². The Labute approximate surface area is 244 Å². The van der Waals surface area contributed by atoms with Gasteiger partial charge in [0.25, 0.3) is 5.56 Å². The van der Waals surface area contributed by atoms with Crippen LogP contribution in [-0.4, -0.2) is 24.3 Å². The lowest BCUT2D eigenvalue weighted by atomic mass is 9.96. The molecule has 0 N–H and O–H groups in total. The lowest BCUT2D eigenvalue weighted by Gasteiger charge is -2.24. The summed E-state index contributed by atoms with van der Waals surface area (Å²) in [6.45, 7) is 3.90. The number of methoxy groups -OCH3 is 1. The van der Waals surface area contributed by atoms with E-state index in [9.17, 15) is 14.0 Å². The second-order valence-electron chi connectivity index (χ2n) is 9.18. The molecule has 2 heterocycles. The molecule has 0 unspecified atom stereocenters. The zero-order valence-electron chi connectivity index (χ0n) is 22.5. The van der Waals surface area contributed by atoms with Crippen LogP contribution in [0.15, 0.2) is 87.8 Å². The van der Waals surface area contributed by atoms with Crippen LogP contribution in [0.5, 0.6) is 11.5 Å². The highest BCUT2D eigenvalue weighted by Crippen LogP contribution is 2.31. The molecule has 7 nitrogen and oxygen atoms in total. The fraction of sp³-hybridized carbons (Fsp3) is 0.194. The van der Waals surface area contributed by atoms with Crippen molar-refractivity contribution in [1.29, 1.82) is 0 Å². The van der Waals surface area contributed by atoms with Gasteiger partial charge in [0.15, 0.2) is 16.3 Å². The highest BCUT2D eigenvalue weighted by atomic mass is 35.5. The monoisotopic (exact) mass is 592 g/mol. The SMILES string of the molecule is CCOC(=O)C1=C(C)N=c2s/c(=C\c3ccc(OCc4ccc(Cl)cc4)c(OC)c3)c(=O)n2[C@H]1c1ccc(F)cc1. The average Bonchev–Trinajstić information content (AvgIpc) is 3.26. The first-order valence-electron chi connectivity index (χ1n) is 12.8. The van der Waals surface area contributed by atoms with E-state index in [0.29, 0.717) is 49.3 Å². The molecule has 3 aromatic carbocycles. The van der Waals surface area contributed by atoms with E-state index in [-0.39, 0.29) is 17.7 Å². The first-order chi connectivity index (χ1) is 19.8. The summed E-state index contributed by atoms with van der Waals surface area (Å²) in [4.78, 5) is 31.7. The fourth-order valence-corrected chi connectivity index (χ4v) is 5.71. The van der Waals surface area contributed by atoms with Crippen molar-refractivity contribution in [2.24, 2.45) is 4.99 Å². The fourth-order valence-electron chi connectivity index (χ4n) is 4.54. The van der Waals surface area contributed by atoms with Crippen molar-refractivity contribution in [3.8, 4) is 11.5 Å². The van der Waals surface area contributed by atoms with E-state index < -0.39 is 17.8 Å². The Balaban J connectivity index is 1.53. The molecule has 5 rings (SSSR count). The van der Waals surface area contributed by atoms with Gasteiger partial charge < -0.3 is 14.2 Å². The molecule has 1 aliphatic heterocycles. The number of esters is 1. The van der Waals surface area contributed by atoms with Gasteiger partial charge in [0.05, 0.1) is 35.6 Å². The number of rotatable bonds is 8. The van der Waals surface area contributed by atoms with Crippen molar-refractivity contribution >= 4 is 35.0 Å². The first kappa shape index (κ1) is 28.3. The Hall–Kier alpha value is -4.21. The Morgan fingerprint density at radius 2 is 1.83 bits per heavy atom. The largest absolute Gasteiger partial charge is 0.493 e. The standard InChI is InChI=1S/C31H26ClFN2O5S/c1-4-39-30(37)27-18(2)34-31-35(28(27)21-8-12-23(33)13-9-21)29(36)26(41-31)16-20-7-14-24(25(15-20)38-3)40-17-19-5-10-22(32)11-6-19/h5-16,28H,4,17H2,1-3H3/b26-16-/t28-/m0/s1. The number of hydrogen-bond donors (Lipinski definition) is 0. The number of fused-ring (bicyclic) bond motifs is 1. The third-order valence-electron chi connectivity index (χ3n) is 6.50. The van der Waals surface area contributed by atoms with E-state index in [1.807, 2.05) is 18.2 Å². The van der Waals surface area contributed by atoms with E-state index in [2.05, 4.69) is 4.99 Å². The molecule has 0 spiro atoms. The number of thiazole rings is 1. The van der Waals surface area contributed by atoms with Crippen LogP contribution in [0.1, 0.15) is 36.6 Å². The van der Waals surface area contributed by atoms with Crippen LogP contribution in [0.2, 0.25) is 5.02 Å². The maximum absolute atomic E-state index is 13.8. The number of halogens is 2. The maximum Gasteiger partial charge on any atom is 0.338 e. The Bertz CT molecular complexity index is 1810. The molecule has 4 aromatic rings. The molecule has 41 heavy (non-hydrogen) atoms. The van der Waals surface area contributed by atoms with Gasteiger partial charge in [-0.15, -0.1) is 0 Å². The maximum atomic E-state index is 13.8. The van der Waals surface area contributed by atoms with Gasteiger partial charge in [0.1, 0.15) is 12.4 Å². The Kier molecular flexibility index (Phi) is 8.37. The second kappa shape index (κ2) is 12.1. The summed E-state index contributed by atoms with van der Waals surface area (Å²) in [7, 11) is 1.55. The average molecular weight is 593 g/mol. The molecule has 0 aliphatic carbocycles. The molecule has 0 radical (unpaired) electrons. The third kappa shape index (κ3) is 5.96. The van der Waals surface area contributed by atoms with Gasteiger partial charge in [0, 0.05) is 5.02 Å². The van der Waals surface area contributed by atoms with Gasteiger partial charge in [-0.25, -0.2) is 14.2 Å². The molecular formula is C31H26ClFN2O5S. The molecule has 0 saturated carbocycles. The van der Waals surface area contributed by atoms with Crippen molar-refractivity contribution < 1.29 is 23.4 Å². The molecule has 1 aromatic heterocycles. The van der Waals surface area contributed by atoms with Crippen LogP contribution >= 0.6 is 22.9 Å². The summed E-state index contributed by atoms with van der Waals surface area (Å²) in [5.41, 5.74) is 2.58. The molecule has 1 aliphatic rings. The van der Waals surface area contributed by atoms with Crippen LogP contribution in [-0.2, 0) is 16.1 Å². The van der Waals surface area contributed by atoms with E-state index >= 15 is 0 Å². The quantitative estimate of drug-likeness (QED) is 0.264. The van der Waals surface area contributed by atoms with E-state index in [4.69, 9.17) is 25.8 Å². The van der Waals surface area contributed by atoms with Gasteiger partial charge in [-0.2, -0.15) is 0 Å². The lowest BCUT2D eigenvalue weighted by molar-refractivity contribution is -0.139. The van der Waals surface area contributed by atoms with Gasteiger partial charge >= 0.3 is 5.97 Å². The molecule has 0 bridgehead atoms. The molecule has 0 fully saturated rings. The minimum atomic E-state index is -0.814. The number of aromatic nitrogens is 1. The topological polar surface area (TPSA) is 79.1 Å². The zero-order chi connectivity index (χ0) is 29.1. The number of allylic oxidation sites excluding steroid dienone is 1. The van der Waals surface area contributed by atoms with Crippen LogP contribution in [0.25, 0.3) is 6.08 Å². The predicted molar refractivity (Wildman–Crippen MR) is 156 cm³/mol. The zero-order valence-corrected chi connectivity index (χ0v) is 24.1. The number of hydrogen-bond acceptors (Lipinski definition) is 7. The summed E-state index contributed by atoms with van der Waals surface area (Å²) in [5.74, 6) is 0.0579. The third-order valence-corrected chi connectivity index (χ3v) is 7.73. The van der Waals surface area contributed by atoms with Crippen molar-refractivity contribution in [1.82, 2.24) is 4.57 Å². The number of ether oxygens (including phenoxy) is 3. The molecule has 210 valence electrons. The number of benzene rings is 3. The summed E-state index contributed by atoms with van der Waals surface area (Å²) >= 11 is 7.16. The molecular weight excluding hydrogens is 567 g/mol. The Morgan fingerprint density at radius 3 is 2.51 bits per heavy atom. The van der Waals surface area contributed by atoms with E-state index in [0.717, 1.165) is 5.56 Å². The molecule has 0 saturated heterocycles. The van der Waals surface area contributed by atoms with Crippen molar-refractivity contribution in [3.63, 3.8) is 0 Å². The van der Waals surface area contributed by atoms with Gasteiger partial charge in [-0.1, -0.05) is 53.3 Å². The minimum absolute atomic E-state index is 0.164. The van der Waals surface area contributed by atoms with Gasteiger partial charge in [-0.05, 0) is 73.0 Å². The first-order valence-corrected chi connectivity index (χ1v) is 14.0. The summed E-state index contributed by atoms with van der Waals surface area (Å²) in [6.07, 6.45) is 1.74. The highest BCUT2D eigenvalue weighted by Gasteiger charge is 2.33. The summed E-state index contributed by atoms with van der Waals surface area (Å²) < 4.78 is 32.4. The van der Waals surface area contributed by atoms with Crippen molar-refractivity contribution in [3.05, 3.63) is 125 Å². The van der Waals surface area contributed by atoms with Crippen LogP contribution in [0, 0.1) is 5.82 Å². The Morgan fingerprint density at radius 1 is 1.10 bits per heavy atom. The van der Waals surface area contributed by atoms with Crippen LogP contribution < -0.4 is 24.4 Å². The van der Waals surface area contributed by atoms with Gasteiger partial charge in [-0.3, -0.25) is 9.36 Å². The van der Waals surface area contributed by atoms with Crippen LogP contribution in [0.3, 0.4) is 0 Å². The van der Waals surface area contributed by atoms with Crippen molar-refractivity contribution in [2.45, 2.75) is 26.5 Å². The normalized spacial score (nSPS) is 14.9. The number of carbonyl (C=O) groups excluding carboxylic acids is 1. The lowest BCUT2D eigenvalue weighted by Crippen LogP contribution is -2.39. The molecule has 1 atom stereocenters. The summed E-state index contributed by atoms with van der Waals surface area (Å²) in [5, 5.41) is 0.650. The minimum Gasteiger partial charge on any atom is -0.493 e. The second-order valence-corrected chi connectivity index (χ2v) is 10.6. The molecule has 10 heteroatoms.